The molecule has 2 amide bonds. The summed E-state index contributed by atoms with van der Waals surface area (Å²) in [5, 5.41) is 4.51. The smallest absolute Gasteiger partial charge is 0.269 e. The van der Waals surface area contributed by atoms with Crippen LogP contribution in [0.15, 0.2) is 60.8 Å². The van der Waals surface area contributed by atoms with Crippen molar-refractivity contribution in [2.24, 2.45) is 5.73 Å². The Kier molecular flexibility index (Phi) is 3.53. The Morgan fingerprint density at radius 2 is 1.73 bits per heavy atom. The van der Waals surface area contributed by atoms with Gasteiger partial charge in [-0.3, -0.25) is 9.59 Å². The molecule has 2 aromatic carbocycles. The Bertz CT molecular complexity index is 869. The zero-order valence-electron chi connectivity index (χ0n) is 11.6. The van der Waals surface area contributed by atoms with Crippen molar-refractivity contribution in [3.63, 3.8) is 0 Å². The van der Waals surface area contributed by atoms with Crippen LogP contribution in [0, 0.1) is 0 Å². The number of anilines is 1. The van der Waals surface area contributed by atoms with Gasteiger partial charge in [-0.15, -0.1) is 0 Å². The van der Waals surface area contributed by atoms with Gasteiger partial charge in [-0.1, -0.05) is 36.4 Å². The van der Waals surface area contributed by atoms with Crippen LogP contribution in [0.4, 0.5) is 5.69 Å². The molecule has 5 heteroatoms. The number of nitrogens with two attached hydrogens (primary N) is 1. The fourth-order valence-corrected chi connectivity index (χ4v) is 2.32. The molecule has 0 aliphatic rings. The van der Waals surface area contributed by atoms with Gasteiger partial charge in [0.25, 0.3) is 11.8 Å². The minimum atomic E-state index is -0.686. The van der Waals surface area contributed by atoms with E-state index < -0.39 is 5.91 Å². The van der Waals surface area contributed by atoms with Gasteiger partial charge in [0, 0.05) is 11.8 Å². The number of carbonyl (C=O) groups excluding carboxylic acids is 2. The van der Waals surface area contributed by atoms with Gasteiger partial charge >= 0.3 is 0 Å². The SMILES string of the molecule is NC(=O)c1ncccc1NC(=O)c1cccc2ccccc12. The lowest BCUT2D eigenvalue weighted by molar-refractivity contribution is 0.0996. The van der Waals surface area contributed by atoms with Gasteiger partial charge in [0.1, 0.15) is 0 Å². The topological polar surface area (TPSA) is 85.1 Å². The fourth-order valence-electron chi connectivity index (χ4n) is 2.32. The first-order valence-corrected chi connectivity index (χ1v) is 6.71. The van der Waals surface area contributed by atoms with Crippen molar-refractivity contribution in [1.29, 1.82) is 0 Å². The number of carbonyl (C=O) groups is 2. The van der Waals surface area contributed by atoms with E-state index in [9.17, 15) is 9.59 Å². The number of primary amides is 1. The molecule has 5 nitrogen and oxygen atoms in total. The lowest BCUT2D eigenvalue weighted by atomic mass is 10.0. The van der Waals surface area contributed by atoms with E-state index in [4.69, 9.17) is 5.73 Å². The number of aromatic nitrogens is 1. The lowest BCUT2D eigenvalue weighted by Gasteiger charge is -2.09. The zero-order valence-corrected chi connectivity index (χ0v) is 11.6. The van der Waals surface area contributed by atoms with Gasteiger partial charge in [0.15, 0.2) is 5.69 Å². The number of pyridine rings is 1. The summed E-state index contributed by atoms with van der Waals surface area (Å²) in [6.45, 7) is 0. The zero-order chi connectivity index (χ0) is 15.5. The highest BCUT2D eigenvalue weighted by Crippen LogP contribution is 2.20. The normalized spacial score (nSPS) is 10.4. The van der Waals surface area contributed by atoms with Crippen molar-refractivity contribution in [1.82, 2.24) is 4.98 Å². The summed E-state index contributed by atoms with van der Waals surface area (Å²) < 4.78 is 0. The molecule has 1 aromatic heterocycles. The average Bonchev–Trinajstić information content (AvgIpc) is 2.54. The van der Waals surface area contributed by atoms with E-state index in [-0.39, 0.29) is 11.6 Å². The molecule has 0 saturated carbocycles. The Labute approximate surface area is 126 Å². The van der Waals surface area contributed by atoms with Crippen LogP contribution in [0.3, 0.4) is 0 Å². The van der Waals surface area contributed by atoms with Crippen molar-refractivity contribution in [2.45, 2.75) is 0 Å². The molecule has 22 heavy (non-hydrogen) atoms. The second kappa shape index (κ2) is 5.65. The summed E-state index contributed by atoms with van der Waals surface area (Å²) >= 11 is 0. The van der Waals surface area contributed by atoms with Crippen molar-refractivity contribution >= 4 is 28.3 Å². The largest absolute Gasteiger partial charge is 0.364 e. The van der Waals surface area contributed by atoms with Crippen LogP contribution in [0.25, 0.3) is 10.8 Å². The molecule has 0 fully saturated rings. The Morgan fingerprint density at radius 3 is 2.55 bits per heavy atom. The predicted molar refractivity (Wildman–Crippen MR) is 84.7 cm³/mol. The highest BCUT2D eigenvalue weighted by molar-refractivity contribution is 6.14. The van der Waals surface area contributed by atoms with E-state index >= 15 is 0 Å². The maximum atomic E-state index is 12.5. The molecular weight excluding hydrogens is 278 g/mol. The van der Waals surface area contributed by atoms with Crippen molar-refractivity contribution < 1.29 is 9.59 Å². The lowest BCUT2D eigenvalue weighted by Crippen LogP contribution is -2.19. The van der Waals surface area contributed by atoms with Gasteiger partial charge in [-0.2, -0.15) is 0 Å². The second-order valence-electron chi connectivity index (χ2n) is 4.74. The summed E-state index contributed by atoms with van der Waals surface area (Å²) in [5.74, 6) is -0.999. The molecule has 0 saturated heterocycles. The molecule has 0 unspecified atom stereocenters. The maximum Gasteiger partial charge on any atom is 0.269 e. The van der Waals surface area contributed by atoms with Crippen LogP contribution in [-0.2, 0) is 0 Å². The van der Waals surface area contributed by atoms with Gasteiger partial charge < -0.3 is 11.1 Å². The molecule has 3 rings (SSSR count). The first-order chi connectivity index (χ1) is 10.7. The summed E-state index contributed by atoms with van der Waals surface area (Å²) in [4.78, 5) is 27.8. The molecular formula is C17H13N3O2. The van der Waals surface area contributed by atoms with Crippen LogP contribution in [0.5, 0.6) is 0 Å². The minimum Gasteiger partial charge on any atom is -0.364 e. The molecule has 0 bridgehead atoms. The highest BCUT2D eigenvalue weighted by atomic mass is 16.2. The van der Waals surface area contributed by atoms with Crippen molar-refractivity contribution in [2.75, 3.05) is 5.32 Å². The molecule has 0 atom stereocenters. The van der Waals surface area contributed by atoms with E-state index in [0.717, 1.165) is 10.8 Å². The predicted octanol–water partition coefficient (Wildman–Crippen LogP) is 2.59. The van der Waals surface area contributed by atoms with E-state index in [0.29, 0.717) is 11.3 Å². The van der Waals surface area contributed by atoms with E-state index in [1.807, 2.05) is 36.4 Å². The number of hydrogen-bond acceptors (Lipinski definition) is 3. The number of benzene rings is 2. The first kappa shape index (κ1) is 13.8. The number of fused-ring (bicyclic) bond motifs is 1. The highest BCUT2D eigenvalue weighted by Gasteiger charge is 2.14. The number of hydrogen-bond donors (Lipinski definition) is 2. The van der Waals surface area contributed by atoms with Crippen molar-refractivity contribution in [3.05, 3.63) is 72.1 Å². The van der Waals surface area contributed by atoms with Gasteiger partial charge in [-0.05, 0) is 29.0 Å². The molecule has 1 heterocycles. The van der Waals surface area contributed by atoms with E-state index in [1.54, 1.807) is 18.2 Å². The Balaban J connectivity index is 2.00. The van der Waals surface area contributed by atoms with Crippen LogP contribution in [0.1, 0.15) is 20.8 Å². The van der Waals surface area contributed by atoms with Crippen LogP contribution in [-0.4, -0.2) is 16.8 Å². The Hall–Kier alpha value is -3.21. The molecule has 0 spiro atoms. The summed E-state index contributed by atoms with van der Waals surface area (Å²) in [5.41, 5.74) is 6.13. The first-order valence-electron chi connectivity index (χ1n) is 6.71. The summed E-state index contributed by atoms with van der Waals surface area (Å²) in [6.07, 6.45) is 1.45. The third-order valence-corrected chi connectivity index (χ3v) is 3.32. The quantitative estimate of drug-likeness (QED) is 0.777. The van der Waals surface area contributed by atoms with Gasteiger partial charge in [-0.25, -0.2) is 4.98 Å². The summed E-state index contributed by atoms with van der Waals surface area (Å²) in [6, 6.07) is 16.3. The van der Waals surface area contributed by atoms with E-state index in [1.165, 1.54) is 6.20 Å². The van der Waals surface area contributed by atoms with Crippen LogP contribution >= 0.6 is 0 Å². The minimum absolute atomic E-state index is 0.0380. The van der Waals surface area contributed by atoms with Crippen molar-refractivity contribution in [3.8, 4) is 0 Å². The third kappa shape index (κ3) is 2.52. The van der Waals surface area contributed by atoms with Crippen LogP contribution in [0.2, 0.25) is 0 Å². The number of nitrogens with one attached hydrogen (secondary N) is 1. The monoisotopic (exact) mass is 291 g/mol. The van der Waals surface area contributed by atoms with Gasteiger partial charge in [0.05, 0.1) is 5.69 Å². The van der Waals surface area contributed by atoms with Gasteiger partial charge in [0.2, 0.25) is 0 Å². The molecule has 3 aromatic rings. The average molecular weight is 291 g/mol. The molecule has 0 aliphatic carbocycles. The Morgan fingerprint density at radius 1 is 0.955 bits per heavy atom. The van der Waals surface area contributed by atoms with Crippen LogP contribution < -0.4 is 11.1 Å². The van der Waals surface area contributed by atoms with E-state index in [2.05, 4.69) is 10.3 Å². The molecule has 0 radical (unpaired) electrons. The second-order valence-corrected chi connectivity index (χ2v) is 4.74. The summed E-state index contributed by atoms with van der Waals surface area (Å²) in [7, 11) is 0. The standard InChI is InChI=1S/C17H13N3O2/c18-16(21)15-14(9-4-10-19-15)20-17(22)13-8-3-6-11-5-1-2-7-12(11)13/h1-10H,(H2,18,21)(H,20,22). The molecule has 0 aliphatic heterocycles. The number of amides is 2. The molecule has 3 N–H and O–H groups in total. The number of rotatable bonds is 3. The molecule has 108 valence electrons. The third-order valence-electron chi connectivity index (χ3n) is 3.32. The fraction of sp³-hybridized carbons (Fsp3) is 0. The maximum absolute atomic E-state index is 12.5. The number of nitrogens with zero attached hydrogens (tertiary/aromatic N) is 1.